The Balaban J connectivity index is 1.80. The van der Waals surface area contributed by atoms with Crippen LogP contribution >= 0.6 is 0 Å². The van der Waals surface area contributed by atoms with E-state index in [9.17, 15) is 8.78 Å². The van der Waals surface area contributed by atoms with Crippen LogP contribution < -0.4 is 5.73 Å². The molecule has 6 heteroatoms. The Morgan fingerprint density at radius 3 is 2.81 bits per heavy atom. The molecule has 2 N–H and O–H groups in total. The fraction of sp³-hybridized carbons (Fsp3) is 0.700. The lowest BCUT2D eigenvalue weighted by atomic mass is 9.81. The van der Waals surface area contributed by atoms with E-state index in [1.807, 2.05) is 11.6 Å². The summed E-state index contributed by atoms with van der Waals surface area (Å²) in [6.45, 7) is -0.687. The first-order valence-corrected chi connectivity index (χ1v) is 5.27. The van der Waals surface area contributed by atoms with Crippen molar-refractivity contribution in [3.63, 3.8) is 0 Å². The van der Waals surface area contributed by atoms with E-state index in [4.69, 9.17) is 5.73 Å². The fourth-order valence-electron chi connectivity index (χ4n) is 1.94. The average Bonchev–Trinajstić information content (AvgIpc) is 2.43. The number of anilines is 1. The van der Waals surface area contributed by atoms with Crippen molar-refractivity contribution in [2.45, 2.75) is 32.4 Å². The minimum Gasteiger partial charge on any atom is -0.396 e. The average molecular weight is 231 g/mol. The quantitative estimate of drug-likeness (QED) is 0.861. The zero-order valence-electron chi connectivity index (χ0n) is 9.07. The van der Waals surface area contributed by atoms with Crippen molar-refractivity contribution in [2.75, 3.05) is 12.3 Å². The van der Waals surface area contributed by atoms with Crippen molar-refractivity contribution in [1.82, 2.24) is 9.78 Å². The van der Waals surface area contributed by atoms with Gasteiger partial charge in [0.2, 0.25) is 0 Å². The predicted molar refractivity (Wildman–Crippen MR) is 55.1 cm³/mol. The highest BCUT2D eigenvalue weighted by Crippen LogP contribution is 2.38. The molecule has 0 aliphatic heterocycles. The lowest BCUT2D eigenvalue weighted by Gasteiger charge is -2.35. The number of aryl methyl sites for hydroxylation is 1. The molecule has 0 amide bonds. The third-order valence-electron chi connectivity index (χ3n) is 3.00. The Morgan fingerprint density at radius 2 is 2.31 bits per heavy atom. The van der Waals surface area contributed by atoms with Crippen molar-refractivity contribution < 1.29 is 13.5 Å². The monoisotopic (exact) mass is 231 g/mol. The normalized spacial score (nSPS) is 24.8. The first-order valence-electron chi connectivity index (χ1n) is 5.27. The summed E-state index contributed by atoms with van der Waals surface area (Å²) in [5.41, 5.74) is 7.17. The second-order valence-corrected chi connectivity index (χ2v) is 4.24. The minimum absolute atomic E-state index is 0.129. The lowest BCUT2D eigenvalue weighted by molar-refractivity contribution is -0.146. The number of nitrogens with zero attached hydrogens (tertiary/aromatic N) is 2. The van der Waals surface area contributed by atoms with Crippen molar-refractivity contribution in [2.24, 2.45) is 5.92 Å². The number of rotatable bonds is 4. The highest BCUT2D eigenvalue weighted by molar-refractivity contribution is 5.39. The summed E-state index contributed by atoms with van der Waals surface area (Å²) < 4.78 is 29.6. The molecule has 4 nitrogen and oxygen atoms in total. The van der Waals surface area contributed by atoms with Gasteiger partial charge in [0, 0.05) is 6.20 Å². The maximum absolute atomic E-state index is 11.8. The van der Waals surface area contributed by atoms with Gasteiger partial charge in [-0.3, -0.25) is 4.68 Å². The molecule has 0 aromatic carbocycles. The van der Waals surface area contributed by atoms with Crippen molar-refractivity contribution in [1.29, 1.82) is 0 Å². The van der Waals surface area contributed by atoms with E-state index in [1.54, 1.807) is 6.20 Å². The third kappa shape index (κ3) is 2.32. The van der Waals surface area contributed by atoms with Crippen LogP contribution in [-0.2, 0) is 4.74 Å². The summed E-state index contributed by atoms with van der Waals surface area (Å²) in [5.74, 6) is 0.213. The molecule has 0 saturated heterocycles. The Labute approximate surface area is 92.4 Å². The maximum Gasteiger partial charge on any atom is 0.345 e. The second kappa shape index (κ2) is 4.37. The molecular weight excluding hydrogens is 216 g/mol. The first-order chi connectivity index (χ1) is 7.56. The number of alkyl halides is 2. The van der Waals surface area contributed by atoms with Crippen LogP contribution in [0.15, 0.2) is 6.20 Å². The fourth-order valence-corrected chi connectivity index (χ4v) is 1.94. The van der Waals surface area contributed by atoms with Crippen LogP contribution in [-0.4, -0.2) is 23.0 Å². The molecule has 0 unspecified atom stereocenters. The molecule has 0 bridgehead atoms. The summed E-state index contributed by atoms with van der Waals surface area (Å²) in [6, 6.07) is 0.280. The van der Waals surface area contributed by atoms with Crippen LogP contribution in [0.1, 0.15) is 24.6 Å². The van der Waals surface area contributed by atoms with E-state index in [0.29, 0.717) is 5.69 Å². The highest BCUT2D eigenvalue weighted by Gasteiger charge is 2.32. The molecule has 2 rings (SSSR count). The molecule has 0 spiro atoms. The molecule has 1 saturated carbocycles. The van der Waals surface area contributed by atoms with Gasteiger partial charge in [-0.25, -0.2) is 0 Å². The largest absolute Gasteiger partial charge is 0.396 e. The SMILES string of the molecule is Cc1nn(C2CC(COC(F)F)C2)cc1N. The Kier molecular flexibility index (Phi) is 3.09. The molecule has 0 radical (unpaired) electrons. The first kappa shape index (κ1) is 11.3. The van der Waals surface area contributed by atoms with Crippen LogP contribution in [0, 0.1) is 12.8 Å². The molecule has 1 heterocycles. The van der Waals surface area contributed by atoms with E-state index < -0.39 is 6.61 Å². The van der Waals surface area contributed by atoms with E-state index >= 15 is 0 Å². The van der Waals surface area contributed by atoms with E-state index in [1.165, 1.54) is 0 Å². The maximum atomic E-state index is 11.8. The molecule has 1 aromatic rings. The van der Waals surface area contributed by atoms with Crippen LogP contribution in [0.5, 0.6) is 0 Å². The Hall–Kier alpha value is -1.17. The van der Waals surface area contributed by atoms with Gasteiger partial charge < -0.3 is 10.5 Å². The van der Waals surface area contributed by atoms with Gasteiger partial charge in [0.05, 0.1) is 24.0 Å². The van der Waals surface area contributed by atoms with Gasteiger partial charge in [0.25, 0.3) is 0 Å². The molecular formula is C10H15F2N3O. The van der Waals surface area contributed by atoms with Crippen molar-refractivity contribution in [3.8, 4) is 0 Å². The third-order valence-corrected chi connectivity index (χ3v) is 3.00. The number of ether oxygens (including phenoxy) is 1. The van der Waals surface area contributed by atoms with Crippen LogP contribution in [0.25, 0.3) is 0 Å². The Bertz CT molecular complexity index is 341. The zero-order valence-corrected chi connectivity index (χ0v) is 9.07. The number of halogens is 2. The summed E-state index contributed by atoms with van der Waals surface area (Å²) in [7, 11) is 0. The molecule has 1 aliphatic carbocycles. The molecule has 0 atom stereocenters. The van der Waals surface area contributed by atoms with Crippen molar-refractivity contribution >= 4 is 5.69 Å². The summed E-state index contributed by atoms with van der Waals surface area (Å²) in [4.78, 5) is 0. The van der Waals surface area contributed by atoms with Crippen molar-refractivity contribution in [3.05, 3.63) is 11.9 Å². The van der Waals surface area contributed by atoms with Gasteiger partial charge in [0.1, 0.15) is 0 Å². The standard InChI is InChI=1S/C10H15F2N3O/c1-6-9(13)4-15(14-6)8-2-7(3-8)5-16-10(11)12/h4,7-8,10H,2-3,5,13H2,1H3. The highest BCUT2D eigenvalue weighted by atomic mass is 19.3. The predicted octanol–water partition coefficient (Wildman–Crippen LogP) is 1.96. The number of nitrogens with two attached hydrogens (primary N) is 1. The second-order valence-electron chi connectivity index (χ2n) is 4.24. The topological polar surface area (TPSA) is 53.1 Å². The number of nitrogen functional groups attached to an aromatic ring is 1. The van der Waals surface area contributed by atoms with Gasteiger partial charge in [-0.05, 0) is 25.7 Å². The molecule has 16 heavy (non-hydrogen) atoms. The summed E-state index contributed by atoms with van der Waals surface area (Å²) >= 11 is 0. The van der Waals surface area contributed by atoms with Gasteiger partial charge >= 0.3 is 6.61 Å². The van der Waals surface area contributed by atoms with E-state index in [2.05, 4.69) is 9.84 Å². The minimum atomic E-state index is -2.67. The van der Waals surface area contributed by atoms with Crippen LogP contribution in [0.2, 0.25) is 0 Å². The number of hydrogen-bond acceptors (Lipinski definition) is 3. The van der Waals surface area contributed by atoms with E-state index in [-0.39, 0.29) is 18.6 Å². The van der Waals surface area contributed by atoms with Gasteiger partial charge in [0.15, 0.2) is 0 Å². The molecule has 1 aliphatic rings. The molecule has 1 aromatic heterocycles. The summed E-state index contributed by atoms with van der Waals surface area (Å²) in [5, 5.41) is 4.26. The molecule has 90 valence electrons. The number of aromatic nitrogens is 2. The van der Waals surface area contributed by atoms with E-state index in [0.717, 1.165) is 18.5 Å². The molecule has 1 fully saturated rings. The lowest BCUT2D eigenvalue weighted by Crippen LogP contribution is -2.30. The zero-order chi connectivity index (χ0) is 11.7. The smallest absolute Gasteiger partial charge is 0.345 e. The van der Waals surface area contributed by atoms with Gasteiger partial charge in [-0.2, -0.15) is 13.9 Å². The van der Waals surface area contributed by atoms with Crippen LogP contribution in [0.4, 0.5) is 14.5 Å². The van der Waals surface area contributed by atoms with Gasteiger partial charge in [-0.1, -0.05) is 0 Å². The summed E-state index contributed by atoms with van der Waals surface area (Å²) in [6.07, 6.45) is 3.45. The number of hydrogen-bond donors (Lipinski definition) is 1. The van der Waals surface area contributed by atoms with Crippen LogP contribution in [0.3, 0.4) is 0 Å². The Morgan fingerprint density at radius 1 is 1.62 bits per heavy atom. The van der Waals surface area contributed by atoms with Gasteiger partial charge in [-0.15, -0.1) is 0 Å².